The minimum Gasteiger partial charge on any atom is -0.370 e. The zero-order valence-electron chi connectivity index (χ0n) is 11.4. The van der Waals surface area contributed by atoms with E-state index in [0.29, 0.717) is 0 Å². The second-order valence-electron chi connectivity index (χ2n) is 5.91. The highest BCUT2D eigenvalue weighted by atomic mass is 35.5. The summed E-state index contributed by atoms with van der Waals surface area (Å²) in [6.45, 7) is 2.94. The average molecular weight is 317 g/mol. The summed E-state index contributed by atoms with van der Waals surface area (Å²) in [5, 5.41) is 3.92. The second-order valence-corrected chi connectivity index (χ2v) is 6.73. The molecule has 0 aromatic heterocycles. The van der Waals surface area contributed by atoms with Gasteiger partial charge >= 0.3 is 0 Å². The van der Waals surface area contributed by atoms with Gasteiger partial charge in [0.2, 0.25) is 0 Å². The minimum atomic E-state index is -0.527. The Morgan fingerprint density at radius 3 is 2.40 bits per heavy atom. The van der Waals surface area contributed by atoms with Crippen LogP contribution < -0.4 is 10.2 Å². The lowest BCUT2D eigenvalue weighted by atomic mass is 9.97. The largest absolute Gasteiger partial charge is 0.370 e. The van der Waals surface area contributed by atoms with Gasteiger partial charge in [-0.05, 0) is 37.9 Å². The zero-order chi connectivity index (χ0) is 14.2. The molecule has 3 rings (SSSR count). The number of anilines is 1. The van der Waals surface area contributed by atoms with Crippen LogP contribution in [0.3, 0.4) is 0 Å². The first kappa shape index (κ1) is 14.4. The van der Waals surface area contributed by atoms with Crippen LogP contribution in [0.25, 0.3) is 0 Å². The van der Waals surface area contributed by atoms with Gasteiger partial charge in [-0.3, -0.25) is 0 Å². The summed E-state index contributed by atoms with van der Waals surface area (Å²) in [4.78, 5) is 2.29. The molecule has 1 N–H and O–H groups in total. The highest BCUT2D eigenvalue weighted by Gasteiger charge is 2.36. The third-order valence-electron chi connectivity index (χ3n) is 4.49. The van der Waals surface area contributed by atoms with E-state index in [9.17, 15) is 4.39 Å². The molecule has 2 nitrogen and oxygen atoms in total. The molecule has 1 spiro atoms. The maximum absolute atomic E-state index is 13.6. The van der Waals surface area contributed by atoms with Gasteiger partial charge in [0.05, 0.1) is 10.0 Å². The third-order valence-corrected chi connectivity index (χ3v) is 5.04. The Labute approximate surface area is 129 Å². The Morgan fingerprint density at radius 1 is 1.10 bits per heavy atom. The molecule has 1 aromatic rings. The minimum absolute atomic E-state index is 0.102. The summed E-state index contributed by atoms with van der Waals surface area (Å²) in [5.74, 6) is -0.527. The molecular weight excluding hydrogens is 298 g/mol. The van der Waals surface area contributed by atoms with Crippen molar-refractivity contribution in [1.29, 1.82) is 0 Å². The first-order valence-electron chi connectivity index (χ1n) is 7.24. The molecule has 5 heteroatoms. The summed E-state index contributed by atoms with van der Waals surface area (Å²) in [5.41, 5.74) is 1.14. The Morgan fingerprint density at radius 2 is 1.75 bits per heavy atom. The highest BCUT2D eigenvalue weighted by molar-refractivity contribution is 6.35. The molecule has 1 saturated heterocycles. The molecule has 0 radical (unpaired) electrons. The van der Waals surface area contributed by atoms with Crippen molar-refractivity contribution >= 4 is 28.9 Å². The highest BCUT2D eigenvalue weighted by Crippen LogP contribution is 2.35. The number of hydrogen-bond acceptors (Lipinski definition) is 2. The van der Waals surface area contributed by atoms with Crippen molar-refractivity contribution in [3.63, 3.8) is 0 Å². The van der Waals surface area contributed by atoms with Gasteiger partial charge in [-0.25, -0.2) is 4.39 Å². The van der Waals surface area contributed by atoms with E-state index in [-0.39, 0.29) is 15.6 Å². The van der Waals surface area contributed by atoms with E-state index in [1.807, 2.05) is 0 Å². The first-order valence-corrected chi connectivity index (χ1v) is 8.00. The SMILES string of the molecule is Fc1c(Cl)cc(N2CCCNC3(CCCC3)C2)cc1Cl. The van der Waals surface area contributed by atoms with Gasteiger partial charge in [0.1, 0.15) is 0 Å². The van der Waals surface area contributed by atoms with Gasteiger partial charge < -0.3 is 10.2 Å². The van der Waals surface area contributed by atoms with Gasteiger partial charge in [0, 0.05) is 24.3 Å². The molecule has 1 heterocycles. The lowest BCUT2D eigenvalue weighted by Gasteiger charge is -2.34. The molecule has 1 aromatic carbocycles. The van der Waals surface area contributed by atoms with E-state index in [1.165, 1.54) is 25.7 Å². The molecule has 0 amide bonds. The quantitative estimate of drug-likeness (QED) is 0.779. The van der Waals surface area contributed by atoms with Crippen molar-refractivity contribution in [1.82, 2.24) is 5.32 Å². The van der Waals surface area contributed by atoms with Crippen molar-refractivity contribution in [3.05, 3.63) is 28.0 Å². The van der Waals surface area contributed by atoms with Crippen molar-refractivity contribution in [2.45, 2.75) is 37.6 Å². The molecule has 20 heavy (non-hydrogen) atoms. The maximum atomic E-state index is 13.6. The van der Waals surface area contributed by atoms with Gasteiger partial charge in [0.15, 0.2) is 5.82 Å². The number of nitrogens with zero attached hydrogens (tertiary/aromatic N) is 1. The molecule has 2 fully saturated rings. The smallest absolute Gasteiger partial charge is 0.160 e. The number of rotatable bonds is 1. The zero-order valence-corrected chi connectivity index (χ0v) is 12.9. The summed E-state index contributed by atoms with van der Waals surface area (Å²) >= 11 is 11.9. The number of benzene rings is 1. The van der Waals surface area contributed by atoms with Crippen molar-refractivity contribution < 1.29 is 4.39 Å². The maximum Gasteiger partial charge on any atom is 0.160 e. The van der Waals surface area contributed by atoms with Crippen LogP contribution in [0, 0.1) is 5.82 Å². The van der Waals surface area contributed by atoms with E-state index < -0.39 is 5.82 Å². The van der Waals surface area contributed by atoms with E-state index in [1.54, 1.807) is 12.1 Å². The van der Waals surface area contributed by atoms with E-state index in [4.69, 9.17) is 23.2 Å². The molecule has 1 aliphatic heterocycles. The topological polar surface area (TPSA) is 15.3 Å². The lowest BCUT2D eigenvalue weighted by Crippen LogP contribution is -2.49. The van der Waals surface area contributed by atoms with Gasteiger partial charge in [-0.2, -0.15) is 0 Å². The van der Waals surface area contributed by atoms with Crippen LogP contribution >= 0.6 is 23.2 Å². The van der Waals surface area contributed by atoms with Crippen LogP contribution in [0.2, 0.25) is 10.0 Å². The van der Waals surface area contributed by atoms with E-state index >= 15 is 0 Å². The fraction of sp³-hybridized carbons (Fsp3) is 0.600. The Kier molecular flexibility index (Phi) is 4.11. The summed E-state index contributed by atoms with van der Waals surface area (Å²) in [7, 11) is 0. The first-order chi connectivity index (χ1) is 9.60. The fourth-order valence-electron chi connectivity index (χ4n) is 3.46. The van der Waals surface area contributed by atoms with Gasteiger partial charge in [-0.1, -0.05) is 36.0 Å². The Hall–Kier alpha value is -0.510. The molecule has 1 saturated carbocycles. The van der Waals surface area contributed by atoms with Crippen LogP contribution in [0.4, 0.5) is 10.1 Å². The number of halogens is 3. The Bertz CT molecular complexity index is 478. The third kappa shape index (κ3) is 2.76. The number of nitrogens with one attached hydrogen (secondary N) is 1. The summed E-state index contributed by atoms with van der Waals surface area (Å²) in [6, 6.07) is 3.38. The van der Waals surface area contributed by atoms with Crippen LogP contribution in [0.5, 0.6) is 0 Å². The van der Waals surface area contributed by atoms with Crippen molar-refractivity contribution in [3.8, 4) is 0 Å². The monoisotopic (exact) mass is 316 g/mol. The van der Waals surface area contributed by atoms with E-state index in [2.05, 4.69) is 10.2 Å². The second kappa shape index (κ2) is 5.70. The predicted octanol–water partition coefficient (Wildman–Crippen LogP) is 4.25. The standard InChI is InChI=1S/C15H19Cl2FN2/c16-12-8-11(9-13(17)14(12)18)20-7-3-6-19-15(10-20)4-1-2-5-15/h8-9,19H,1-7,10H2. The number of hydrogen-bond donors (Lipinski definition) is 1. The predicted molar refractivity (Wildman–Crippen MR) is 82.5 cm³/mol. The molecule has 0 unspecified atom stereocenters. The molecule has 110 valence electrons. The van der Waals surface area contributed by atoms with Crippen LogP contribution in [0.1, 0.15) is 32.1 Å². The van der Waals surface area contributed by atoms with Gasteiger partial charge in [0.25, 0.3) is 0 Å². The van der Waals surface area contributed by atoms with E-state index in [0.717, 1.165) is 31.7 Å². The van der Waals surface area contributed by atoms with Crippen molar-refractivity contribution in [2.24, 2.45) is 0 Å². The van der Waals surface area contributed by atoms with Crippen LogP contribution in [-0.2, 0) is 0 Å². The molecular formula is C15H19Cl2FN2. The van der Waals surface area contributed by atoms with Crippen LogP contribution in [-0.4, -0.2) is 25.2 Å². The summed E-state index contributed by atoms with van der Waals surface area (Å²) in [6.07, 6.45) is 6.07. The Balaban J connectivity index is 1.88. The normalized spacial score (nSPS) is 22.2. The molecule has 1 aliphatic carbocycles. The molecule has 2 aliphatic rings. The molecule has 0 bridgehead atoms. The fourth-order valence-corrected chi connectivity index (χ4v) is 3.93. The molecule has 0 atom stereocenters. The van der Waals surface area contributed by atoms with Crippen molar-refractivity contribution in [2.75, 3.05) is 24.5 Å². The summed E-state index contributed by atoms with van der Waals surface area (Å²) < 4.78 is 13.6. The lowest BCUT2D eigenvalue weighted by molar-refractivity contribution is 0.354. The van der Waals surface area contributed by atoms with Gasteiger partial charge in [-0.15, -0.1) is 0 Å². The average Bonchev–Trinajstić information content (AvgIpc) is 2.76. The van der Waals surface area contributed by atoms with Crippen LogP contribution in [0.15, 0.2) is 12.1 Å².